The summed E-state index contributed by atoms with van der Waals surface area (Å²) in [5.74, 6) is 1.71. The Morgan fingerprint density at radius 3 is 1.69 bits per heavy atom. The van der Waals surface area contributed by atoms with E-state index >= 15 is 0 Å². The fraction of sp³-hybridized carbons (Fsp3) is 0.278. The maximum Gasteiger partial charge on any atom is 0.205 e. The zero-order valence-electron chi connectivity index (χ0n) is 14.9. The van der Waals surface area contributed by atoms with Gasteiger partial charge in [-0.3, -0.25) is 4.79 Å². The molecule has 0 radical (unpaired) electrons. The summed E-state index contributed by atoms with van der Waals surface area (Å²) in [5, 5.41) is 0. The fourth-order valence-corrected chi connectivity index (χ4v) is 3.59. The van der Waals surface area contributed by atoms with Crippen molar-refractivity contribution >= 4 is 37.6 Å². The van der Waals surface area contributed by atoms with E-state index in [0.29, 0.717) is 43.1 Å². The lowest BCUT2D eigenvalue weighted by Gasteiger charge is -2.17. The summed E-state index contributed by atoms with van der Waals surface area (Å²) < 4.78 is 27.8. The summed E-state index contributed by atoms with van der Waals surface area (Å²) >= 11 is 6.82. The molecule has 0 spiro atoms. The topological polar surface area (TPSA) is 63.2 Å². The zero-order valence-corrected chi connectivity index (χ0v) is 18.1. The van der Waals surface area contributed by atoms with Crippen LogP contribution in [0, 0.1) is 0 Å². The number of ether oxygens (including phenoxy) is 5. The van der Waals surface area contributed by atoms with Crippen molar-refractivity contribution < 1.29 is 28.5 Å². The third kappa shape index (κ3) is 3.61. The second-order valence-corrected chi connectivity index (χ2v) is 6.73. The summed E-state index contributed by atoms with van der Waals surface area (Å²) in [6, 6.07) is 4.91. The molecule has 8 heteroatoms. The highest BCUT2D eigenvalue weighted by molar-refractivity contribution is 9.10. The summed E-state index contributed by atoms with van der Waals surface area (Å²) in [6.45, 7) is 0. The van der Waals surface area contributed by atoms with E-state index in [1.807, 2.05) is 0 Å². The molecule has 0 N–H and O–H groups in total. The van der Waals surface area contributed by atoms with Gasteiger partial charge in [0.2, 0.25) is 5.75 Å². The molecule has 0 unspecified atom stereocenters. The molecule has 0 bridgehead atoms. The van der Waals surface area contributed by atoms with Gasteiger partial charge < -0.3 is 23.7 Å². The van der Waals surface area contributed by atoms with Gasteiger partial charge in [0.1, 0.15) is 0 Å². The van der Waals surface area contributed by atoms with E-state index in [1.54, 1.807) is 18.2 Å². The average molecular weight is 490 g/mol. The average Bonchev–Trinajstić information content (AvgIpc) is 2.65. The minimum atomic E-state index is -0.281. The van der Waals surface area contributed by atoms with E-state index in [1.165, 1.54) is 35.5 Å². The number of hydrogen-bond donors (Lipinski definition) is 0. The van der Waals surface area contributed by atoms with Gasteiger partial charge in [0.15, 0.2) is 28.8 Å². The SMILES string of the molecule is COc1cc(Br)c(C(=O)c2cc(Br)c(OC)c(OC)c2OC)cc1OC. The number of carbonyl (C=O) groups is 1. The highest BCUT2D eigenvalue weighted by Gasteiger charge is 2.26. The fourth-order valence-electron chi connectivity index (χ4n) is 2.51. The van der Waals surface area contributed by atoms with Gasteiger partial charge in [-0.25, -0.2) is 0 Å². The number of ketones is 1. The molecule has 26 heavy (non-hydrogen) atoms. The van der Waals surface area contributed by atoms with Crippen LogP contribution in [0.15, 0.2) is 27.1 Å². The Kier molecular flexibility index (Phi) is 6.77. The molecule has 0 aliphatic heterocycles. The van der Waals surface area contributed by atoms with Crippen LogP contribution in [-0.2, 0) is 0 Å². The van der Waals surface area contributed by atoms with Crippen molar-refractivity contribution in [3.8, 4) is 28.7 Å². The van der Waals surface area contributed by atoms with Gasteiger partial charge in [-0.05, 0) is 50.1 Å². The van der Waals surface area contributed by atoms with Gasteiger partial charge in [-0.2, -0.15) is 0 Å². The summed E-state index contributed by atoms with van der Waals surface area (Å²) in [5.41, 5.74) is 0.699. The third-order valence-electron chi connectivity index (χ3n) is 3.72. The van der Waals surface area contributed by atoms with Gasteiger partial charge in [0, 0.05) is 10.0 Å². The Morgan fingerprint density at radius 2 is 1.19 bits per heavy atom. The number of halogens is 2. The van der Waals surface area contributed by atoms with E-state index in [-0.39, 0.29) is 11.5 Å². The molecular weight excluding hydrogens is 472 g/mol. The molecule has 2 rings (SSSR count). The molecule has 0 fully saturated rings. The number of carbonyl (C=O) groups excluding carboxylic acids is 1. The first-order chi connectivity index (χ1) is 12.4. The lowest BCUT2D eigenvalue weighted by molar-refractivity contribution is 0.103. The van der Waals surface area contributed by atoms with E-state index < -0.39 is 0 Å². The van der Waals surface area contributed by atoms with Crippen LogP contribution in [0.3, 0.4) is 0 Å². The van der Waals surface area contributed by atoms with E-state index in [2.05, 4.69) is 31.9 Å². The van der Waals surface area contributed by atoms with Crippen molar-refractivity contribution in [2.75, 3.05) is 35.5 Å². The standard InChI is InChI=1S/C18H18Br2O6/c1-22-13-7-9(11(19)8-14(13)23-2)15(21)10-6-12(20)17(25-4)18(26-5)16(10)24-3/h6-8H,1-5H3. The zero-order chi connectivity index (χ0) is 19.4. The molecule has 2 aromatic rings. The predicted octanol–water partition coefficient (Wildman–Crippen LogP) is 4.49. The molecule has 0 aliphatic rings. The molecule has 0 heterocycles. The molecule has 2 aromatic carbocycles. The van der Waals surface area contributed by atoms with Crippen LogP contribution in [0.25, 0.3) is 0 Å². The monoisotopic (exact) mass is 488 g/mol. The van der Waals surface area contributed by atoms with Crippen molar-refractivity contribution in [1.82, 2.24) is 0 Å². The number of hydrogen-bond acceptors (Lipinski definition) is 6. The van der Waals surface area contributed by atoms with E-state index in [0.717, 1.165) is 0 Å². The van der Waals surface area contributed by atoms with Crippen LogP contribution in [0.4, 0.5) is 0 Å². The second kappa shape index (κ2) is 8.64. The van der Waals surface area contributed by atoms with Crippen molar-refractivity contribution in [3.05, 3.63) is 38.3 Å². The van der Waals surface area contributed by atoms with Gasteiger partial charge in [-0.15, -0.1) is 0 Å². The van der Waals surface area contributed by atoms with Crippen molar-refractivity contribution in [2.45, 2.75) is 0 Å². The molecular formula is C18H18Br2O6. The Labute approximate surface area is 168 Å². The maximum absolute atomic E-state index is 13.2. The van der Waals surface area contributed by atoms with Crippen molar-refractivity contribution in [1.29, 1.82) is 0 Å². The number of benzene rings is 2. The first-order valence-corrected chi connectivity index (χ1v) is 8.96. The molecule has 0 aromatic heterocycles. The minimum Gasteiger partial charge on any atom is -0.493 e. The first kappa shape index (κ1) is 20.4. The molecule has 0 saturated carbocycles. The second-order valence-electron chi connectivity index (χ2n) is 5.02. The third-order valence-corrected chi connectivity index (χ3v) is 4.97. The Bertz CT molecular complexity index is 835. The molecule has 6 nitrogen and oxygen atoms in total. The van der Waals surface area contributed by atoms with Crippen molar-refractivity contribution in [2.24, 2.45) is 0 Å². The summed E-state index contributed by atoms with van der Waals surface area (Å²) in [4.78, 5) is 13.2. The molecule has 0 atom stereocenters. The van der Waals surface area contributed by atoms with Crippen LogP contribution in [0.5, 0.6) is 28.7 Å². The Hall–Kier alpha value is -1.93. The molecule has 0 aliphatic carbocycles. The maximum atomic E-state index is 13.2. The molecule has 0 amide bonds. The van der Waals surface area contributed by atoms with Crippen LogP contribution in [0.2, 0.25) is 0 Å². The molecule has 0 saturated heterocycles. The lowest BCUT2D eigenvalue weighted by Crippen LogP contribution is -2.08. The number of rotatable bonds is 7. The summed E-state index contributed by atoms with van der Waals surface area (Å²) in [7, 11) is 7.49. The summed E-state index contributed by atoms with van der Waals surface area (Å²) in [6.07, 6.45) is 0. The highest BCUT2D eigenvalue weighted by Crippen LogP contribution is 2.46. The lowest BCUT2D eigenvalue weighted by atomic mass is 10.0. The van der Waals surface area contributed by atoms with Crippen LogP contribution < -0.4 is 23.7 Å². The van der Waals surface area contributed by atoms with Crippen LogP contribution >= 0.6 is 31.9 Å². The van der Waals surface area contributed by atoms with Crippen LogP contribution in [-0.4, -0.2) is 41.3 Å². The Morgan fingerprint density at radius 1 is 0.654 bits per heavy atom. The largest absolute Gasteiger partial charge is 0.493 e. The van der Waals surface area contributed by atoms with E-state index in [4.69, 9.17) is 23.7 Å². The predicted molar refractivity (Wildman–Crippen MR) is 104 cm³/mol. The van der Waals surface area contributed by atoms with Crippen LogP contribution in [0.1, 0.15) is 15.9 Å². The quantitative estimate of drug-likeness (QED) is 0.534. The minimum absolute atomic E-state index is 0.277. The first-order valence-electron chi connectivity index (χ1n) is 7.38. The van der Waals surface area contributed by atoms with Gasteiger partial charge in [0.05, 0.1) is 45.6 Å². The van der Waals surface area contributed by atoms with Crippen molar-refractivity contribution in [3.63, 3.8) is 0 Å². The normalized spacial score (nSPS) is 10.3. The number of methoxy groups -OCH3 is 5. The smallest absolute Gasteiger partial charge is 0.205 e. The Balaban J connectivity index is 2.69. The van der Waals surface area contributed by atoms with Gasteiger partial charge in [0.25, 0.3) is 0 Å². The molecule has 140 valence electrons. The van der Waals surface area contributed by atoms with E-state index in [9.17, 15) is 4.79 Å². The highest BCUT2D eigenvalue weighted by atomic mass is 79.9. The van der Waals surface area contributed by atoms with Gasteiger partial charge in [-0.1, -0.05) is 0 Å². The van der Waals surface area contributed by atoms with Gasteiger partial charge >= 0.3 is 0 Å².